The molecule has 1 nitrogen and oxygen atoms in total. The zero-order chi connectivity index (χ0) is 9.69. The van der Waals surface area contributed by atoms with Crippen molar-refractivity contribution in [2.45, 2.75) is 17.8 Å². The molecule has 1 heterocycles. The van der Waals surface area contributed by atoms with Gasteiger partial charge in [-0.3, -0.25) is 0 Å². The van der Waals surface area contributed by atoms with Crippen LogP contribution in [-0.4, -0.2) is 12.5 Å². The van der Waals surface area contributed by atoms with Crippen LogP contribution in [-0.2, 0) is 5.41 Å². The number of rotatable bonds is 2. The molecule has 1 aromatic heterocycles. The first-order valence-electron chi connectivity index (χ1n) is 3.85. The number of thiophene rings is 1. The summed E-state index contributed by atoms with van der Waals surface area (Å²) in [4.78, 5) is 0.529. The first-order chi connectivity index (χ1) is 6.03. The van der Waals surface area contributed by atoms with E-state index >= 15 is 0 Å². The highest BCUT2D eigenvalue weighted by molar-refractivity contribution is 7.10. The molecule has 1 aliphatic rings. The summed E-state index contributed by atoms with van der Waals surface area (Å²) < 4.78 is 26.1. The molecule has 0 amide bonds. The summed E-state index contributed by atoms with van der Waals surface area (Å²) in [7, 11) is 0. The van der Waals surface area contributed by atoms with Gasteiger partial charge in [0, 0.05) is 17.8 Å². The maximum absolute atomic E-state index is 13.1. The molecule has 2 rings (SSSR count). The van der Waals surface area contributed by atoms with Gasteiger partial charge in [0.15, 0.2) is 0 Å². The highest BCUT2D eigenvalue weighted by atomic mass is 35.5. The Balaban J connectivity index is 2.41. The van der Waals surface area contributed by atoms with Crippen LogP contribution in [0.5, 0.6) is 0 Å². The van der Waals surface area contributed by atoms with Crippen molar-refractivity contribution < 1.29 is 8.78 Å². The van der Waals surface area contributed by atoms with Crippen molar-refractivity contribution in [1.82, 2.24) is 0 Å². The number of alkyl halides is 2. The first kappa shape index (κ1) is 9.37. The Morgan fingerprint density at radius 2 is 2.23 bits per heavy atom. The minimum atomic E-state index is -2.67. The average molecular weight is 224 g/mol. The summed E-state index contributed by atoms with van der Waals surface area (Å²) in [6, 6.07) is 1.63. The number of hydrogen-bond donors (Lipinski definition) is 1. The Bertz CT molecular complexity index is 339. The van der Waals surface area contributed by atoms with Crippen LogP contribution >= 0.6 is 22.9 Å². The predicted molar refractivity (Wildman–Crippen MR) is 49.6 cm³/mol. The molecule has 5 heteroatoms. The van der Waals surface area contributed by atoms with Crippen LogP contribution in [0.15, 0.2) is 11.4 Å². The molecule has 72 valence electrons. The van der Waals surface area contributed by atoms with E-state index in [2.05, 4.69) is 0 Å². The molecular formula is C8H8ClF2NS. The van der Waals surface area contributed by atoms with Gasteiger partial charge in [-0.2, -0.15) is 0 Å². The van der Waals surface area contributed by atoms with Gasteiger partial charge in [0.05, 0.1) is 10.4 Å². The van der Waals surface area contributed by atoms with Crippen molar-refractivity contribution in [2.24, 2.45) is 5.73 Å². The second kappa shape index (κ2) is 2.65. The van der Waals surface area contributed by atoms with Crippen molar-refractivity contribution in [3.05, 3.63) is 21.3 Å². The molecule has 13 heavy (non-hydrogen) atoms. The molecule has 1 fully saturated rings. The first-order valence-corrected chi connectivity index (χ1v) is 5.11. The van der Waals surface area contributed by atoms with Gasteiger partial charge < -0.3 is 5.73 Å². The van der Waals surface area contributed by atoms with Crippen LogP contribution in [0, 0.1) is 0 Å². The Morgan fingerprint density at radius 1 is 1.62 bits per heavy atom. The quantitative estimate of drug-likeness (QED) is 0.820. The molecule has 1 unspecified atom stereocenters. The molecule has 1 atom stereocenters. The topological polar surface area (TPSA) is 26.0 Å². The van der Waals surface area contributed by atoms with E-state index in [1.54, 1.807) is 11.4 Å². The van der Waals surface area contributed by atoms with E-state index in [1.165, 1.54) is 11.3 Å². The minimum Gasteiger partial charge on any atom is -0.329 e. The van der Waals surface area contributed by atoms with Gasteiger partial charge in [0.1, 0.15) is 0 Å². The molecule has 0 bridgehead atoms. The summed E-state index contributed by atoms with van der Waals surface area (Å²) >= 11 is 7.05. The molecule has 1 saturated carbocycles. The predicted octanol–water partition coefficient (Wildman–Crippen LogP) is 2.64. The van der Waals surface area contributed by atoms with Gasteiger partial charge in [-0.15, -0.1) is 11.3 Å². The third kappa shape index (κ3) is 1.12. The third-order valence-corrected chi connectivity index (χ3v) is 4.04. The molecule has 0 aromatic carbocycles. The number of nitrogens with two attached hydrogens (primary N) is 1. The van der Waals surface area contributed by atoms with Crippen LogP contribution in [0.4, 0.5) is 8.78 Å². The summed E-state index contributed by atoms with van der Waals surface area (Å²) in [5.41, 5.74) is 4.20. The van der Waals surface area contributed by atoms with Crippen molar-refractivity contribution >= 4 is 22.9 Å². The van der Waals surface area contributed by atoms with E-state index < -0.39 is 11.3 Å². The fourth-order valence-electron chi connectivity index (χ4n) is 1.53. The molecule has 0 radical (unpaired) electrons. The highest BCUT2D eigenvalue weighted by Gasteiger charge is 2.72. The Morgan fingerprint density at radius 3 is 2.54 bits per heavy atom. The van der Waals surface area contributed by atoms with Crippen molar-refractivity contribution in [2.75, 3.05) is 6.54 Å². The fourth-order valence-corrected chi connectivity index (χ4v) is 3.03. The van der Waals surface area contributed by atoms with Gasteiger partial charge in [0.2, 0.25) is 0 Å². The van der Waals surface area contributed by atoms with Gasteiger partial charge in [-0.05, 0) is 11.4 Å². The van der Waals surface area contributed by atoms with Gasteiger partial charge in [-0.25, -0.2) is 8.78 Å². The summed E-state index contributed by atoms with van der Waals surface area (Å²) in [5, 5.41) is 2.12. The summed E-state index contributed by atoms with van der Waals surface area (Å²) in [6.45, 7) is -0.0414. The molecule has 1 aromatic rings. The summed E-state index contributed by atoms with van der Waals surface area (Å²) in [5.74, 6) is -2.67. The molecule has 1 aliphatic carbocycles. The molecule has 0 aliphatic heterocycles. The van der Waals surface area contributed by atoms with Crippen LogP contribution < -0.4 is 5.73 Å². The zero-order valence-electron chi connectivity index (χ0n) is 6.69. The van der Waals surface area contributed by atoms with Crippen LogP contribution in [0.25, 0.3) is 0 Å². The number of halogens is 3. The Hall–Kier alpha value is -0.190. The van der Waals surface area contributed by atoms with E-state index in [1.807, 2.05) is 0 Å². The fraction of sp³-hybridized carbons (Fsp3) is 0.500. The molecule has 0 spiro atoms. The normalized spacial score (nSPS) is 30.5. The van der Waals surface area contributed by atoms with Crippen molar-refractivity contribution in [3.63, 3.8) is 0 Å². The lowest BCUT2D eigenvalue weighted by Crippen LogP contribution is -2.26. The van der Waals surface area contributed by atoms with E-state index in [0.717, 1.165) is 0 Å². The lowest BCUT2D eigenvalue weighted by atomic mass is 10.1. The van der Waals surface area contributed by atoms with Crippen LogP contribution in [0.2, 0.25) is 5.02 Å². The second-order valence-electron chi connectivity index (χ2n) is 3.27. The maximum Gasteiger partial charge on any atom is 0.261 e. The lowest BCUT2D eigenvalue weighted by Gasteiger charge is -2.11. The SMILES string of the molecule is NCC1(c2sccc2Cl)CC1(F)F. The molecule has 0 saturated heterocycles. The highest BCUT2D eigenvalue weighted by Crippen LogP contribution is 2.63. The number of hydrogen-bond acceptors (Lipinski definition) is 2. The summed E-state index contributed by atoms with van der Waals surface area (Å²) in [6.07, 6.45) is -0.170. The monoisotopic (exact) mass is 223 g/mol. The molecule has 2 N–H and O–H groups in total. The standard InChI is InChI=1S/C8H8ClF2NS/c9-5-1-2-13-6(5)7(4-12)3-8(7,10)11/h1-2H,3-4,12H2. The van der Waals surface area contributed by atoms with Gasteiger partial charge >= 0.3 is 0 Å². The largest absolute Gasteiger partial charge is 0.329 e. The smallest absolute Gasteiger partial charge is 0.261 e. The van der Waals surface area contributed by atoms with Gasteiger partial charge in [-0.1, -0.05) is 11.6 Å². The van der Waals surface area contributed by atoms with Crippen LogP contribution in [0.3, 0.4) is 0 Å². The zero-order valence-corrected chi connectivity index (χ0v) is 8.26. The van der Waals surface area contributed by atoms with E-state index in [0.29, 0.717) is 9.90 Å². The maximum atomic E-state index is 13.1. The van der Waals surface area contributed by atoms with E-state index in [4.69, 9.17) is 17.3 Å². The molecular weight excluding hydrogens is 216 g/mol. The third-order valence-electron chi connectivity index (χ3n) is 2.50. The van der Waals surface area contributed by atoms with E-state index in [9.17, 15) is 8.78 Å². The second-order valence-corrected chi connectivity index (χ2v) is 4.59. The van der Waals surface area contributed by atoms with Gasteiger partial charge in [0.25, 0.3) is 5.92 Å². The lowest BCUT2D eigenvalue weighted by molar-refractivity contribution is 0.0904. The average Bonchev–Trinajstić information content (AvgIpc) is 2.43. The van der Waals surface area contributed by atoms with Crippen molar-refractivity contribution in [3.8, 4) is 0 Å². The van der Waals surface area contributed by atoms with Crippen molar-refractivity contribution in [1.29, 1.82) is 0 Å². The Labute approximate surface area is 83.5 Å². The van der Waals surface area contributed by atoms with Crippen LogP contribution in [0.1, 0.15) is 11.3 Å². The Kier molecular flexibility index (Phi) is 1.91. The van der Waals surface area contributed by atoms with E-state index in [-0.39, 0.29) is 13.0 Å². The minimum absolute atomic E-state index is 0.0414.